The quantitative estimate of drug-likeness (QED) is 0.453. The Labute approximate surface area is 48.9 Å². The van der Waals surface area contributed by atoms with Gasteiger partial charge in [0.2, 0.25) is 0 Å². The molecule has 0 spiro atoms. The van der Waals surface area contributed by atoms with Crippen LogP contribution in [0, 0.1) is 5.92 Å². The average molecular weight is 113 g/mol. The second kappa shape index (κ2) is 1.45. The molecule has 3 atom stereocenters. The van der Waals surface area contributed by atoms with E-state index >= 15 is 0 Å². The van der Waals surface area contributed by atoms with Crippen LogP contribution in [-0.4, -0.2) is 23.8 Å². The largest absolute Gasteiger partial charge is 0.391 e. The number of hydrogen-bond donors (Lipinski definition) is 2. The first-order valence-corrected chi connectivity index (χ1v) is 3.28. The van der Waals surface area contributed by atoms with E-state index in [2.05, 4.69) is 5.32 Å². The van der Waals surface area contributed by atoms with Crippen molar-refractivity contribution in [3.8, 4) is 0 Å². The summed E-state index contributed by atoms with van der Waals surface area (Å²) in [4.78, 5) is 0. The second-order valence-electron chi connectivity index (χ2n) is 2.92. The zero-order valence-corrected chi connectivity index (χ0v) is 4.80. The van der Waals surface area contributed by atoms with Crippen LogP contribution in [0.2, 0.25) is 0 Å². The van der Waals surface area contributed by atoms with E-state index in [-0.39, 0.29) is 6.10 Å². The maximum atomic E-state index is 9.16. The Kier molecular flexibility index (Phi) is 0.866. The van der Waals surface area contributed by atoms with Gasteiger partial charge in [-0.05, 0) is 25.3 Å². The van der Waals surface area contributed by atoms with Gasteiger partial charge in [0.15, 0.2) is 0 Å². The predicted octanol–water partition coefficient (Wildman–Crippen LogP) is -0.271. The minimum Gasteiger partial charge on any atom is -0.391 e. The molecule has 1 heterocycles. The van der Waals surface area contributed by atoms with Gasteiger partial charge in [0.1, 0.15) is 0 Å². The summed E-state index contributed by atoms with van der Waals surface area (Å²) < 4.78 is 0. The highest BCUT2D eigenvalue weighted by atomic mass is 16.3. The number of piperidine rings is 1. The first-order chi connectivity index (χ1) is 3.86. The number of hydrogen-bond acceptors (Lipinski definition) is 2. The van der Waals surface area contributed by atoms with E-state index in [1.165, 1.54) is 6.42 Å². The molecule has 2 N–H and O–H groups in total. The first kappa shape index (κ1) is 4.77. The predicted molar refractivity (Wildman–Crippen MR) is 30.5 cm³/mol. The SMILES string of the molecule is OC1C[C@H]2CN[C@@H]1C2. The van der Waals surface area contributed by atoms with Gasteiger partial charge in [0, 0.05) is 6.04 Å². The number of fused-ring (bicyclic) bond motifs is 2. The molecule has 8 heavy (non-hydrogen) atoms. The van der Waals surface area contributed by atoms with Crippen molar-refractivity contribution in [2.75, 3.05) is 6.54 Å². The summed E-state index contributed by atoms with van der Waals surface area (Å²) in [5.41, 5.74) is 0. The van der Waals surface area contributed by atoms with Gasteiger partial charge in [-0.3, -0.25) is 0 Å². The van der Waals surface area contributed by atoms with Crippen LogP contribution < -0.4 is 5.32 Å². The molecule has 2 rings (SSSR count). The molecule has 1 saturated heterocycles. The van der Waals surface area contributed by atoms with Crippen LogP contribution in [0.3, 0.4) is 0 Å². The fraction of sp³-hybridized carbons (Fsp3) is 1.00. The lowest BCUT2D eigenvalue weighted by Gasteiger charge is -2.16. The lowest BCUT2D eigenvalue weighted by molar-refractivity contribution is 0.134. The maximum absolute atomic E-state index is 9.16. The van der Waals surface area contributed by atoms with Crippen LogP contribution in [-0.2, 0) is 0 Å². The van der Waals surface area contributed by atoms with Crippen LogP contribution in [0.15, 0.2) is 0 Å². The normalized spacial score (nSPS) is 52.9. The Morgan fingerprint density at radius 2 is 2.25 bits per heavy atom. The molecule has 0 amide bonds. The Hall–Kier alpha value is -0.0800. The molecule has 2 fully saturated rings. The van der Waals surface area contributed by atoms with Gasteiger partial charge >= 0.3 is 0 Å². The van der Waals surface area contributed by atoms with E-state index in [0.29, 0.717) is 6.04 Å². The Morgan fingerprint density at radius 3 is 2.50 bits per heavy atom. The molecular weight excluding hydrogens is 102 g/mol. The van der Waals surface area contributed by atoms with Crippen molar-refractivity contribution in [1.82, 2.24) is 5.32 Å². The van der Waals surface area contributed by atoms with Gasteiger partial charge in [-0.25, -0.2) is 0 Å². The molecule has 0 radical (unpaired) electrons. The monoisotopic (exact) mass is 113 g/mol. The summed E-state index contributed by atoms with van der Waals surface area (Å²) in [6, 6.07) is 0.444. The van der Waals surface area contributed by atoms with E-state index in [1.54, 1.807) is 0 Å². The van der Waals surface area contributed by atoms with Crippen LogP contribution >= 0.6 is 0 Å². The molecule has 1 aliphatic heterocycles. The molecule has 2 nitrogen and oxygen atoms in total. The zero-order chi connectivity index (χ0) is 5.56. The molecule has 1 unspecified atom stereocenters. The Morgan fingerprint density at radius 1 is 1.38 bits per heavy atom. The number of rotatable bonds is 0. The summed E-state index contributed by atoms with van der Waals surface area (Å²) in [7, 11) is 0. The highest BCUT2D eigenvalue weighted by Gasteiger charge is 2.37. The number of aliphatic hydroxyl groups is 1. The maximum Gasteiger partial charge on any atom is 0.0696 e. The second-order valence-corrected chi connectivity index (χ2v) is 2.92. The van der Waals surface area contributed by atoms with Crippen molar-refractivity contribution in [2.45, 2.75) is 25.0 Å². The summed E-state index contributed by atoms with van der Waals surface area (Å²) in [6.45, 7) is 1.14. The minimum absolute atomic E-state index is 0.0336. The van der Waals surface area contributed by atoms with Crippen LogP contribution in [0.4, 0.5) is 0 Å². The lowest BCUT2D eigenvalue weighted by atomic mass is 10.1. The van der Waals surface area contributed by atoms with E-state index in [9.17, 15) is 0 Å². The highest BCUT2D eigenvalue weighted by molar-refractivity contribution is 4.95. The molecule has 46 valence electrons. The highest BCUT2D eigenvalue weighted by Crippen LogP contribution is 2.30. The van der Waals surface area contributed by atoms with Crippen LogP contribution in [0.25, 0.3) is 0 Å². The van der Waals surface area contributed by atoms with Crippen LogP contribution in [0.5, 0.6) is 0 Å². The smallest absolute Gasteiger partial charge is 0.0696 e. The lowest BCUT2D eigenvalue weighted by Crippen LogP contribution is -2.36. The number of aliphatic hydroxyl groups excluding tert-OH is 1. The molecule has 2 heteroatoms. The summed E-state index contributed by atoms with van der Waals surface area (Å²) in [5.74, 6) is 0.787. The standard InChI is InChI=1S/C6H11NO/c8-6-2-4-1-5(6)7-3-4/h4-8H,1-3H2/t4-,5+,6?/m0/s1. The third-order valence-corrected chi connectivity index (χ3v) is 2.30. The number of nitrogens with one attached hydrogen (secondary N) is 1. The fourth-order valence-corrected chi connectivity index (χ4v) is 1.82. The molecule has 0 aromatic rings. The molecule has 1 saturated carbocycles. The summed E-state index contributed by atoms with van der Waals surface area (Å²) in [5, 5.41) is 12.4. The minimum atomic E-state index is -0.0336. The summed E-state index contributed by atoms with van der Waals surface area (Å²) >= 11 is 0. The molecule has 2 bridgehead atoms. The van der Waals surface area contributed by atoms with E-state index in [4.69, 9.17) is 5.11 Å². The molecule has 2 aliphatic rings. The van der Waals surface area contributed by atoms with Gasteiger partial charge in [0.05, 0.1) is 6.10 Å². The van der Waals surface area contributed by atoms with Gasteiger partial charge in [0.25, 0.3) is 0 Å². The van der Waals surface area contributed by atoms with Gasteiger partial charge in [-0.15, -0.1) is 0 Å². The van der Waals surface area contributed by atoms with Gasteiger partial charge in [-0.1, -0.05) is 0 Å². The van der Waals surface area contributed by atoms with E-state index < -0.39 is 0 Å². The van der Waals surface area contributed by atoms with Crippen molar-refractivity contribution in [2.24, 2.45) is 5.92 Å². The molecule has 0 aromatic carbocycles. The molecular formula is C6H11NO. The van der Waals surface area contributed by atoms with E-state index in [0.717, 1.165) is 18.9 Å². The van der Waals surface area contributed by atoms with Crippen molar-refractivity contribution in [3.63, 3.8) is 0 Å². The summed E-state index contributed by atoms with van der Waals surface area (Å²) in [6.07, 6.45) is 2.22. The Balaban J connectivity index is 2.11. The van der Waals surface area contributed by atoms with Crippen LogP contribution in [0.1, 0.15) is 12.8 Å². The topological polar surface area (TPSA) is 32.3 Å². The fourth-order valence-electron chi connectivity index (χ4n) is 1.82. The van der Waals surface area contributed by atoms with Crippen molar-refractivity contribution in [3.05, 3.63) is 0 Å². The van der Waals surface area contributed by atoms with Crippen molar-refractivity contribution < 1.29 is 5.11 Å². The molecule has 0 aromatic heterocycles. The molecule has 1 aliphatic carbocycles. The zero-order valence-electron chi connectivity index (χ0n) is 4.80. The van der Waals surface area contributed by atoms with Crippen molar-refractivity contribution >= 4 is 0 Å². The third kappa shape index (κ3) is 0.501. The average Bonchev–Trinajstić information content (AvgIpc) is 2.23. The third-order valence-electron chi connectivity index (χ3n) is 2.30. The van der Waals surface area contributed by atoms with Gasteiger partial charge < -0.3 is 10.4 Å². The Bertz CT molecular complexity index is 103. The van der Waals surface area contributed by atoms with E-state index in [1.807, 2.05) is 0 Å². The van der Waals surface area contributed by atoms with Gasteiger partial charge in [-0.2, -0.15) is 0 Å². The van der Waals surface area contributed by atoms with Crippen molar-refractivity contribution in [1.29, 1.82) is 0 Å². The first-order valence-electron chi connectivity index (χ1n) is 3.28.